The molecule has 2 heterocycles. The van der Waals surface area contributed by atoms with E-state index in [0.29, 0.717) is 0 Å². The zero-order chi connectivity index (χ0) is 21.9. The Morgan fingerprint density at radius 3 is 2.25 bits per heavy atom. The van der Waals surface area contributed by atoms with Crippen LogP contribution in [0.2, 0.25) is 0 Å². The Kier molecular flexibility index (Phi) is 6.28. The first-order valence-corrected chi connectivity index (χ1v) is 12.4. The molecule has 0 spiro atoms. The maximum absolute atomic E-state index is 13.0. The summed E-state index contributed by atoms with van der Waals surface area (Å²) < 4.78 is 1.09. The van der Waals surface area contributed by atoms with Crippen molar-refractivity contribution in [3.63, 3.8) is 0 Å². The Morgan fingerprint density at radius 1 is 0.844 bits per heavy atom. The molecule has 160 valence electrons. The number of carbonyl (C=O) groups is 1. The average molecular weight is 503 g/mol. The normalized spacial score (nSPS) is 14.6. The molecule has 1 aromatic heterocycles. The van der Waals surface area contributed by atoms with E-state index in [9.17, 15) is 4.79 Å². The van der Waals surface area contributed by atoms with Crippen LogP contribution in [-0.4, -0.2) is 23.9 Å². The van der Waals surface area contributed by atoms with Gasteiger partial charge in [0.05, 0.1) is 0 Å². The minimum atomic E-state index is 0.103. The molecule has 0 amide bonds. The number of rotatable bonds is 5. The highest BCUT2D eigenvalue weighted by atomic mass is 79.9. The Bertz CT molecular complexity index is 1240. The highest BCUT2D eigenvalue weighted by Gasteiger charge is 2.26. The van der Waals surface area contributed by atoms with Crippen molar-refractivity contribution < 1.29 is 4.79 Å². The molecule has 0 bridgehead atoms. The molecule has 0 unspecified atom stereocenters. The molecule has 32 heavy (non-hydrogen) atoms. The fraction of sp³-hybridized carbons (Fsp3) is 0.185. The van der Waals surface area contributed by atoms with Gasteiger partial charge in [0.25, 0.3) is 0 Å². The lowest BCUT2D eigenvalue weighted by Crippen LogP contribution is -2.36. The van der Waals surface area contributed by atoms with Crippen LogP contribution in [0.3, 0.4) is 0 Å². The van der Waals surface area contributed by atoms with Crippen LogP contribution in [0.4, 0.5) is 5.69 Å². The second-order valence-corrected chi connectivity index (χ2v) is 10.2. The topological polar surface area (TPSA) is 33.2 Å². The van der Waals surface area contributed by atoms with Gasteiger partial charge in [-0.15, -0.1) is 0 Å². The van der Waals surface area contributed by atoms with E-state index in [1.165, 1.54) is 21.4 Å². The smallest absolute Gasteiger partial charge is 0.166 e. The molecule has 5 heteroatoms. The van der Waals surface area contributed by atoms with Crippen molar-refractivity contribution in [2.75, 3.05) is 18.0 Å². The molecule has 0 radical (unpaired) electrons. The van der Waals surface area contributed by atoms with E-state index in [1.807, 2.05) is 36.7 Å². The number of hydrogen-bond donors (Lipinski definition) is 0. The van der Waals surface area contributed by atoms with Crippen molar-refractivity contribution >= 4 is 49.9 Å². The first-order chi connectivity index (χ1) is 15.7. The van der Waals surface area contributed by atoms with Gasteiger partial charge >= 0.3 is 0 Å². The molecular formula is C27H23BrN2OS. The summed E-state index contributed by atoms with van der Waals surface area (Å²) in [6, 6.07) is 25.0. The molecule has 0 N–H and O–H groups in total. The number of pyridine rings is 1. The van der Waals surface area contributed by atoms with E-state index in [0.717, 1.165) is 40.9 Å². The molecule has 4 aromatic rings. The third kappa shape index (κ3) is 4.74. The van der Waals surface area contributed by atoms with E-state index >= 15 is 0 Å². The first-order valence-electron chi connectivity index (χ1n) is 10.8. The van der Waals surface area contributed by atoms with Gasteiger partial charge in [-0.1, -0.05) is 52.0 Å². The largest absolute Gasteiger partial charge is 0.371 e. The van der Waals surface area contributed by atoms with Gasteiger partial charge in [-0.2, -0.15) is 0 Å². The number of anilines is 1. The molecule has 0 aliphatic carbocycles. The summed E-state index contributed by atoms with van der Waals surface area (Å²) >= 11 is 5.25. The van der Waals surface area contributed by atoms with Gasteiger partial charge in [0.1, 0.15) is 0 Å². The summed E-state index contributed by atoms with van der Waals surface area (Å²) in [6.07, 6.45) is 5.43. The fourth-order valence-electron chi connectivity index (χ4n) is 4.27. The SMILES string of the molecule is O=C(c1ccc(Sc2ccc3cc(Br)ccc3c2)cc1)C1CCN(c2ccncc2)CC1. The Hall–Kier alpha value is -2.63. The number of ketones is 1. The molecule has 1 saturated heterocycles. The van der Waals surface area contributed by atoms with Crippen molar-refractivity contribution in [3.8, 4) is 0 Å². The standard InChI is InChI=1S/C27H23BrN2OS/c28-23-5-1-22-18-26(8-4-21(22)17-23)32-25-6-2-19(3-7-25)27(31)20-11-15-30(16-12-20)24-9-13-29-14-10-24/h1-10,13-14,17-18,20H,11-12,15-16H2. The molecule has 1 aliphatic rings. The number of halogens is 1. The van der Waals surface area contributed by atoms with Crippen LogP contribution in [0.25, 0.3) is 10.8 Å². The van der Waals surface area contributed by atoms with E-state index in [2.05, 4.69) is 74.3 Å². The number of hydrogen-bond acceptors (Lipinski definition) is 4. The number of aromatic nitrogens is 1. The second kappa shape index (κ2) is 9.47. The van der Waals surface area contributed by atoms with Crippen LogP contribution in [0.15, 0.2) is 99.5 Å². The fourth-order valence-corrected chi connectivity index (χ4v) is 5.52. The van der Waals surface area contributed by atoms with Crippen molar-refractivity contribution in [3.05, 3.63) is 95.2 Å². The lowest BCUT2D eigenvalue weighted by Gasteiger charge is -2.32. The van der Waals surface area contributed by atoms with Crippen molar-refractivity contribution in [2.24, 2.45) is 5.92 Å². The minimum absolute atomic E-state index is 0.103. The van der Waals surface area contributed by atoms with Crippen LogP contribution in [0.5, 0.6) is 0 Å². The summed E-state index contributed by atoms with van der Waals surface area (Å²) in [7, 11) is 0. The minimum Gasteiger partial charge on any atom is -0.371 e. The Morgan fingerprint density at radius 2 is 1.50 bits per heavy atom. The number of benzene rings is 3. The number of fused-ring (bicyclic) bond motifs is 1. The van der Waals surface area contributed by atoms with Crippen LogP contribution < -0.4 is 4.90 Å². The molecule has 5 rings (SSSR count). The van der Waals surface area contributed by atoms with Gasteiger partial charge in [-0.3, -0.25) is 9.78 Å². The van der Waals surface area contributed by atoms with Crippen molar-refractivity contribution in [1.29, 1.82) is 0 Å². The molecule has 3 nitrogen and oxygen atoms in total. The number of nitrogens with zero attached hydrogens (tertiary/aromatic N) is 2. The van der Waals surface area contributed by atoms with E-state index in [4.69, 9.17) is 0 Å². The highest BCUT2D eigenvalue weighted by molar-refractivity contribution is 9.10. The molecule has 0 atom stereocenters. The van der Waals surface area contributed by atoms with Gasteiger partial charge < -0.3 is 4.90 Å². The third-order valence-electron chi connectivity index (χ3n) is 6.04. The monoisotopic (exact) mass is 502 g/mol. The summed E-state index contributed by atoms with van der Waals surface area (Å²) in [5.41, 5.74) is 2.01. The highest BCUT2D eigenvalue weighted by Crippen LogP contribution is 2.32. The quantitative estimate of drug-likeness (QED) is 0.269. The molecule has 1 aliphatic heterocycles. The summed E-state index contributed by atoms with van der Waals surface area (Å²) in [5, 5.41) is 2.45. The van der Waals surface area contributed by atoms with E-state index in [-0.39, 0.29) is 11.7 Å². The number of Topliss-reactive ketones (excluding diaryl/α,β-unsaturated/α-hetero) is 1. The van der Waals surface area contributed by atoms with Gasteiger partial charge in [0.15, 0.2) is 5.78 Å². The van der Waals surface area contributed by atoms with Crippen LogP contribution in [0, 0.1) is 5.92 Å². The average Bonchev–Trinajstić information content (AvgIpc) is 2.85. The van der Waals surface area contributed by atoms with Crippen molar-refractivity contribution in [1.82, 2.24) is 4.98 Å². The molecule has 1 fully saturated rings. The van der Waals surface area contributed by atoms with Crippen molar-refractivity contribution in [2.45, 2.75) is 22.6 Å². The Balaban J connectivity index is 1.22. The zero-order valence-corrected chi connectivity index (χ0v) is 20.0. The Labute approximate surface area is 201 Å². The van der Waals surface area contributed by atoms with E-state index < -0.39 is 0 Å². The molecule has 3 aromatic carbocycles. The number of carbonyl (C=O) groups excluding carboxylic acids is 1. The van der Waals surface area contributed by atoms with Gasteiger partial charge in [0.2, 0.25) is 0 Å². The molecular weight excluding hydrogens is 480 g/mol. The summed E-state index contributed by atoms with van der Waals surface area (Å²) in [6.45, 7) is 1.82. The maximum Gasteiger partial charge on any atom is 0.166 e. The predicted molar refractivity (Wildman–Crippen MR) is 136 cm³/mol. The summed E-state index contributed by atoms with van der Waals surface area (Å²) in [5.74, 6) is 0.374. The van der Waals surface area contributed by atoms with Crippen LogP contribution in [-0.2, 0) is 0 Å². The second-order valence-electron chi connectivity index (χ2n) is 8.11. The third-order valence-corrected chi connectivity index (χ3v) is 7.53. The van der Waals surface area contributed by atoms with Gasteiger partial charge in [-0.05, 0) is 72.1 Å². The maximum atomic E-state index is 13.0. The molecule has 0 saturated carbocycles. The lowest BCUT2D eigenvalue weighted by molar-refractivity contribution is 0.0900. The lowest BCUT2D eigenvalue weighted by atomic mass is 9.89. The van der Waals surface area contributed by atoms with Gasteiger partial charge in [-0.25, -0.2) is 0 Å². The first kappa shape index (κ1) is 21.2. The van der Waals surface area contributed by atoms with E-state index in [1.54, 1.807) is 11.8 Å². The predicted octanol–water partition coefficient (Wildman–Crippen LogP) is 7.25. The van der Waals surface area contributed by atoms with Crippen LogP contribution >= 0.6 is 27.7 Å². The number of piperidine rings is 1. The zero-order valence-electron chi connectivity index (χ0n) is 17.6. The summed E-state index contributed by atoms with van der Waals surface area (Å²) in [4.78, 5) is 21.8. The van der Waals surface area contributed by atoms with Crippen LogP contribution in [0.1, 0.15) is 23.2 Å². The van der Waals surface area contributed by atoms with Gasteiger partial charge in [0, 0.05) is 56.9 Å².